The molecule has 1 saturated heterocycles. The fraction of sp³-hybridized carbons (Fsp3) is 0.393. The van der Waals surface area contributed by atoms with Crippen LogP contribution < -0.4 is 15.4 Å². The van der Waals surface area contributed by atoms with E-state index in [1.54, 1.807) is 12.1 Å². The second kappa shape index (κ2) is 10.8. The van der Waals surface area contributed by atoms with Gasteiger partial charge < -0.3 is 14.7 Å². The van der Waals surface area contributed by atoms with Crippen molar-refractivity contribution in [3.63, 3.8) is 0 Å². The lowest BCUT2D eigenvalue weighted by molar-refractivity contribution is 0.0767. The highest BCUT2D eigenvalue weighted by atomic mass is 16.2. The summed E-state index contributed by atoms with van der Waals surface area (Å²) in [6.07, 6.45) is 0.841. The first-order valence-corrected chi connectivity index (χ1v) is 12.5. The zero-order chi connectivity index (χ0) is 24.9. The predicted molar refractivity (Wildman–Crippen MR) is 142 cm³/mol. The fourth-order valence-corrected chi connectivity index (χ4v) is 4.55. The third kappa shape index (κ3) is 5.39. The van der Waals surface area contributed by atoms with Crippen LogP contribution in [0.1, 0.15) is 41.8 Å². The molecule has 0 unspecified atom stereocenters. The fourth-order valence-electron chi connectivity index (χ4n) is 4.55. The first kappa shape index (κ1) is 24.5. The minimum atomic E-state index is -0.156. The number of nitrogens with zero attached hydrogens (tertiary/aromatic N) is 5. The minimum Gasteiger partial charge on any atom is -0.372 e. The van der Waals surface area contributed by atoms with E-state index in [-0.39, 0.29) is 11.5 Å². The van der Waals surface area contributed by atoms with E-state index in [1.165, 1.54) is 10.2 Å². The summed E-state index contributed by atoms with van der Waals surface area (Å²) in [6, 6.07) is 17.2. The smallest absolute Gasteiger partial charge is 0.271 e. The molecule has 0 saturated carbocycles. The second-order valence-corrected chi connectivity index (χ2v) is 9.06. The summed E-state index contributed by atoms with van der Waals surface area (Å²) in [5.74, 6) is 0.812. The largest absolute Gasteiger partial charge is 0.372 e. The molecule has 4 rings (SSSR count). The molecule has 0 N–H and O–H groups in total. The van der Waals surface area contributed by atoms with E-state index < -0.39 is 0 Å². The van der Waals surface area contributed by atoms with Gasteiger partial charge in [0.1, 0.15) is 5.82 Å². The van der Waals surface area contributed by atoms with Gasteiger partial charge in [0.2, 0.25) is 0 Å². The van der Waals surface area contributed by atoms with Crippen LogP contribution in [-0.2, 0) is 0 Å². The van der Waals surface area contributed by atoms with Gasteiger partial charge in [0.25, 0.3) is 11.5 Å². The van der Waals surface area contributed by atoms with Crippen LogP contribution in [-0.4, -0.2) is 59.9 Å². The lowest BCUT2D eigenvalue weighted by Crippen LogP contribution is -2.36. The van der Waals surface area contributed by atoms with Crippen molar-refractivity contribution < 1.29 is 4.79 Å². The van der Waals surface area contributed by atoms with Crippen LogP contribution in [0.15, 0.2) is 59.4 Å². The number of anilines is 2. The Bertz CT molecular complexity index is 1230. The monoisotopic (exact) mass is 473 g/mol. The third-order valence-corrected chi connectivity index (χ3v) is 6.87. The van der Waals surface area contributed by atoms with Gasteiger partial charge in [0.15, 0.2) is 0 Å². The second-order valence-electron chi connectivity index (χ2n) is 9.06. The highest BCUT2D eigenvalue weighted by Crippen LogP contribution is 2.19. The Hall–Kier alpha value is -3.61. The van der Waals surface area contributed by atoms with E-state index in [0.717, 1.165) is 54.4 Å². The van der Waals surface area contributed by atoms with Crippen LogP contribution in [0.3, 0.4) is 0 Å². The van der Waals surface area contributed by atoms with E-state index in [1.807, 2.05) is 54.3 Å². The maximum atomic E-state index is 13.2. The zero-order valence-corrected chi connectivity index (χ0v) is 21.2. The number of amides is 1. The minimum absolute atomic E-state index is 0.0611. The molecular weight excluding hydrogens is 438 g/mol. The SMILES string of the molecule is CCN(CC)c1ccc(C(=O)N2CCCN(c3ccc(=O)n(-c4ccc(C)c(C)c4)n3)CC2)cc1. The van der Waals surface area contributed by atoms with E-state index in [9.17, 15) is 9.59 Å². The molecule has 3 aromatic rings. The number of aryl methyl sites for hydroxylation is 2. The molecule has 7 nitrogen and oxygen atoms in total. The molecule has 0 bridgehead atoms. The maximum Gasteiger partial charge on any atom is 0.271 e. The van der Waals surface area contributed by atoms with Crippen molar-refractivity contribution in [1.82, 2.24) is 14.7 Å². The molecule has 1 amide bonds. The number of aromatic nitrogens is 2. The molecule has 184 valence electrons. The van der Waals surface area contributed by atoms with Gasteiger partial charge in [-0.2, -0.15) is 4.68 Å². The molecule has 35 heavy (non-hydrogen) atoms. The van der Waals surface area contributed by atoms with E-state index >= 15 is 0 Å². The number of carbonyl (C=O) groups is 1. The van der Waals surface area contributed by atoms with E-state index in [4.69, 9.17) is 0 Å². The molecule has 0 spiro atoms. The summed E-state index contributed by atoms with van der Waals surface area (Å²) in [5.41, 5.74) is 4.76. The summed E-state index contributed by atoms with van der Waals surface area (Å²) >= 11 is 0. The van der Waals surface area contributed by atoms with Crippen molar-refractivity contribution in [2.45, 2.75) is 34.1 Å². The first-order valence-electron chi connectivity index (χ1n) is 12.5. The summed E-state index contributed by atoms with van der Waals surface area (Å²) in [7, 11) is 0. The quantitative estimate of drug-likeness (QED) is 0.541. The lowest BCUT2D eigenvalue weighted by atomic mass is 10.1. The molecule has 1 fully saturated rings. The predicted octanol–water partition coefficient (Wildman–Crippen LogP) is 4.05. The van der Waals surface area contributed by atoms with E-state index in [2.05, 4.69) is 35.7 Å². The Labute approximate surface area is 207 Å². The molecule has 2 aromatic carbocycles. The van der Waals surface area contributed by atoms with Gasteiger partial charge in [-0.1, -0.05) is 6.07 Å². The molecule has 0 radical (unpaired) electrons. The molecule has 7 heteroatoms. The van der Waals surface area contributed by atoms with Gasteiger partial charge in [0, 0.05) is 56.6 Å². The van der Waals surface area contributed by atoms with Gasteiger partial charge in [0.05, 0.1) is 5.69 Å². The molecule has 2 heterocycles. The molecule has 1 aliphatic rings. The highest BCUT2D eigenvalue weighted by molar-refractivity contribution is 5.94. The summed E-state index contributed by atoms with van der Waals surface area (Å²) in [4.78, 5) is 32.1. The molecule has 0 atom stereocenters. The van der Waals surface area contributed by atoms with Crippen LogP contribution in [0.2, 0.25) is 0 Å². The Morgan fingerprint density at radius 2 is 1.63 bits per heavy atom. The summed E-state index contributed by atoms with van der Waals surface area (Å²) in [5, 5.41) is 4.67. The molecule has 1 aromatic heterocycles. The molecule has 0 aliphatic carbocycles. The van der Waals surface area contributed by atoms with Crippen LogP contribution in [0, 0.1) is 13.8 Å². The van der Waals surface area contributed by atoms with Crippen LogP contribution >= 0.6 is 0 Å². The first-order chi connectivity index (χ1) is 16.9. The van der Waals surface area contributed by atoms with Crippen LogP contribution in [0.5, 0.6) is 0 Å². The Morgan fingerprint density at radius 1 is 0.886 bits per heavy atom. The van der Waals surface area contributed by atoms with Gasteiger partial charge in [-0.15, -0.1) is 5.10 Å². The average Bonchev–Trinajstić information content (AvgIpc) is 3.13. The number of carbonyl (C=O) groups excluding carboxylic acids is 1. The van der Waals surface area contributed by atoms with Crippen LogP contribution in [0.25, 0.3) is 5.69 Å². The Kier molecular flexibility index (Phi) is 7.54. The van der Waals surface area contributed by atoms with Crippen molar-refractivity contribution in [1.29, 1.82) is 0 Å². The normalized spacial score (nSPS) is 14.1. The summed E-state index contributed by atoms with van der Waals surface area (Å²) < 4.78 is 1.47. The van der Waals surface area contributed by atoms with Crippen molar-refractivity contribution in [3.05, 3.63) is 81.6 Å². The standard InChI is InChI=1S/C28H35N5O2/c1-5-30(6-2)24-12-9-23(10-13-24)28(35)32-17-7-16-31(18-19-32)26-14-15-27(34)33(29-26)25-11-8-21(3)22(4)20-25/h8-15,20H,5-7,16-19H2,1-4H3. The molecular formula is C28H35N5O2. The number of benzene rings is 2. The average molecular weight is 474 g/mol. The van der Waals surface area contributed by atoms with Crippen molar-refractivity contribution in [2.75, 3.05) is 49.1 Å². The van der Waals surface area contributed by atoms with Crippen molar-refractivity contribution in [3.8, 4) is 5.69 Å². The summed E-state index contributed by atoms with van der Waals surface area (Å²) in [6.45, 7) is 13.0. The van der Waals surface area contributed by atoms with Gasteiger partial charge in [-0.25, -0.2) is 0 Å². The maximum absolute atomic E-state index is 13.2. The van der Waals surface area contributed by atoms with E-state index in [0.29, 0.717) is 19.6 Å². The Morgan fingerprint density at radius 3 is 2.31 bits per heavy atom. The van der Waals surface area contributed by atoms with Gasteiger partial charge >= 0.3 is 0 Å². The molecule has 1 aliphatic heterocycles. The number of hydrogen-bond acceptors (Lipinski definition) is 5. The Balaban J connectivity index is 1.47. The number of hydrogen-bond donors (Lipinski definition) is 0. The number of rotatable bonds is 6. The lowest BCUT2D eigenvalue weighted by Gasteiger charge is -2.24. The van der Waals surface area contributed by atoms with Crippen molar-refractivity contribution >= 4 is 17.4 Å². The third-order valence-electron chi connectivity index (χ3n) is 6.87. The topological polar surface area (TPSA) is 61.7 Å². The van der Waals surface area contributed by atoms with Crippen LogP contribution in [0.4, 0.5) is 11.5 Å². The zero-order valence-electron chi connectivity index (χ0n) is 21.2. The van der Waals surface area contributed by atoms with Gasteiger partial charge in [-0.3, -0.25) is 9.59 Å². The highest BCUT2D eigenvalue weighted by Gasteiger charge is 2.22. The van der Waals surface area contributed by atoms with Gasteiger partial charge in [-0.05, 0) is 87.7 Å². The van der Waals surface area contributed by atoms with Crippen molar-refractivity contribution in [2.24, 2.45) is 0 Å².